The first-order valence-corrected chi connectivity index (χ1v) is 9.74. The lowest BCUT2D eigenvalue weighted by atomic mass is 9.77. The van der Waals surface area contributed by atoms with Crippen LogP contribution in [0.1, 0.15) is 65.2 Å². The Hall–Kier alpha value is -0.0800. The van der Waals surface area contributed by atoms with Gasteiger partial charge >= 0.3 is 0 Å². The first-order valence-electron chi connectivity index (χ1n) is 9.74. The maximum atomic E-state index is 2.81. The van der Waals surface area contributed by atoms with Gasteiger partial charge in [-0.1, -0.05) is 26.7 Å². The first kappa shape index (κ1) is 15.8. The smallest absolute Gasteiger partial charge is 0.0101 e. The van der Waals surface area contributed by atoms with E-state index in [1.54, 1.807) is 0 Å². The van der Waals surface area contributed by atoms with Crippen LogP contribution in [0.4, 0.5) is 0 Å². The molecule has 3 aliphatic rings. The zero-order chi connectivity index (χ0) is 14.7. The van der Waals surface area contributed by atoms with Crippen molar-refractivity contribution in [2.75, 3.05) is 32.7 Å². The standard InChI is InChI=1S/C19H36N2/c1-3-16-5-9-20(10-6-16)15-18-13-19(14-18)21-11-7-17(4-2)8-12-21/h16-19H,3-15H2,1-2H3. The topological polar surface area (TPSA) is 6.48 Å². The lowest BCUT2D eigenvalue weighted by Gasteiger charge is -2.47. The number of rotatable bonds is 5. The summed E-state index contributed by atoms with van der Waals surface area (Å²) in [5.74, 6) is 3.06. The second-order valence-electron chi connectivity index (χ2n) is 8.03. The van der Waals surface area contributed by atoms with Crippen LogP contribution in [0.15, 0.2) is 0 Å². The van der Waals surface area contributed by atoms with Gasteiger partial charge in [-0.05, 0) is 82.5 Å². The molecule has 122 valence electrons. The number of hydrogen-bond donors (Lipinski definition) is 0. The molecular weight excluding hydrogens is 256 g/mol. The Bertz CT molecular complexity index is 295. The highest BCUT2D eigenvalue weighted by Gasteiger charge is 2.36. The molecule has 0 aromatic carbocycles. The molecule has 0 spiro atoms. The maximum absolute atomic E-state index is 2.81. The Morgan fingerprint density at radius 3 is 1.76 bits per heavy atom. The molecule has 0 atom stereocenters. The Balaban J connectivity index is 1.31. The zero-order valence-electron chi connectivity index (χ0n) is 14.4. The van der Waals surface area contributed by atoms with E-state index in [9.17, 15) is 0 Å². The van der Waals surface area contributed by atoms with Gasteiger partial charge in [-0.25, -0.2) is 0 Å². The van der Waals surface area contributed by atoms with Crippen LogP contribution in [-0.4, -0.2) is 48.6 Å². The van der Waals surface area contributed by atoms with Crippen LogP contribution in [0.2, 0.25) is 0 Å². The average Bonchev–Trinajstić information content (AvgIpc) is 2.51. The largest absolute Gasteiger partial charge is 0.303 e. The maximum Gasteiger partial charge on any atom is 0.0101 e. The first-order chi connectivity index (χ1) is 10.3. The Morgan fingerprint density at radius 1 is 0.714 bits per heavy atom. The van der Waals surface area contributed by atoms with Crippen molar-refractivity contribution in [2.24, 2.45) is 17.8 Å². The molecule has 2 heteroatoms. The van der Waals surface area contributed by atoms with Gasteiger partial charge in [-0.2, -0.15) is 0 Å². The van der Waals surface area contributed by atoms with Crippen LogP contribution < -0.4 is 0 Å². The number of likely N-dealkylation sites (tertiary alicyclic amines) is 2. The summed E-state index contributed by atoms with van der Waals surface area (Å²) in [4.78, 5) is 5.57. The van der Waals surface area contributed by atoms with Crippen LogP contribution in [-0.2, 0) is 0 Å². The summed E-state index contributed by atoms with van der Waals surface area (Å²) in [6.45, 7) is 11.6. The molecule has 2 heterocycles. The van der Waals surface area contributed by atoms with Crippen molar-refractivity contribution in [1.82, 2.24) is 9.80 Å². The van der Waals surface area contributed by atoms with Crippen LogP contribution in [0.5, 0.6) is 0 Å². The summed E-state index contributed by atoms with van der Waals surface area (Å²) in [5, 5.41) is 0. The number of piperidine rings is 2. The van der Waals surface area contributed by atoms with Gasteiger partial charge < -0.3 is 9.80 Å². The third-order valence-corrected chi connectivity index (χ3v) is 6.75. The minimum absolute atomic E-state index is 0.945. The summed E-state index contributed by atoms with van der Waals surface area (Å²) in [6.07, 6.45) is 11.6. The van der Waals surface area contributed by atoms with Gasteiger partial charge in [0.25, 0.3) is 0 Å². The lowest BCUT2D eigenvalue weighted by molar-refractivity contribution is 0.0271. The van der Waals surface area contributed by atoms with Gasteiger partial charge in [-0.15, -0.1) is 0 Å². The molecule has 3 rings (SSSR count). The van der Waals surface area contributed by atoms with Gasteiger partial charge in [0.1, 0.15) is 0 Å². The molecule has 0 bridgehead atoms. The van der Waals surface area contributed by atoms with Crippen molar-refractivity contribution in [3.05, 3.63) is 0 Å². The van der Waals surface area contributed by atoms with E-state index in [0.29, 0.717) is 0 Å². The van der Waals surface area contributed by atoms with E-state index in [1.807, 2.05) is 0 Å². The van der Waals surface area contributed by atoms with Crippen LogP contribution in [0, 0.1) is 17.8 Å². The van der Waals surface area contributed by atoms with E-state index in [0.717, 1.165) is 23.8 Å². The molecule has 0 unspecified atom stereocenters. The second kappa shape index (κ2) is 7.46. The molecule has 21 heavy (non-hydrogen) atoms. The SMILES string of the molecule is CCC1CCN(CC2CC(N3CCC(CC)CC3)C2)CC1. The fourth-order valence-electron chi connectivity index (χ4n) is 4.82. The second-order valence-corrected chi connectivity index (χ2v) is 8.03. The van der Waals surface area contributed by atoms with Crippen molar-refractivity contribution in [2.45, 2.75) is 71.3 Å². The van der Waals surface area contributed by atoms with E-state index in [2.05, 4.69) is 23.6 Å². The highest BCUT2D eigenvalue weighted by Crippen LogP contribution is 2.35. The zero-order valence-corrected chi connectivity index (χ0v) is 14.4. The molecular formula is C19H36N2. The molecule has 0 aromatic rings. The third kappa shape index (κ3) is 4.01. The summed E-state index contributed by atoms with van der Waals surface area (Å²) in [7, 11) is 0. The average molecular weight is 293 g/mol. The molecule has 0 radical (unpaired) electrons. The van der Waals surface area contributed by atoms with Gasteiger partial charge in [0.2, 0.25) is 0 Å². The van der Waals surface area contributed by atoms with Gasteiger partial charge in [-0.3, -0.25) is 0 Å². The van der Waals surface area contributed by atoms with E-state index in [4.69, 9.17) is 0 Å². The van der Waals surface area contributed by atoms with Crippen LogP contribution >= 0.6 is 0 Å². The van der Waals surface area contributed by atoms with E-state index in [1.165, 1.54) is 84.1 Å². The van der Waals surface area contributed by atoms with Crippen molar-refractivity contribution in [3.63, 3.8) is 0 Å². The normalized spacial score (nSPS) is 34.0. The predicted octanol–water partition coefficient (Wildman–Crippen LogP) is 4.01. The molecule has 1 saturated carbocycles. The molecule has 2 saturated heterocycles. The third-order valence-electron chi connectivity index (χ3n) is 6.75. The summed E-state index contributed by atoms with van der Waals surface area (Å²) < 4.78 is 0. The van der Waals surface area contributed by atoms with Crippen LogP contribution in [0.25, 0.3) is 0 Å². The van der Waals surface area contributed by atoms with Gasteiger partial charge in [0, 0.05) is 12.6 Å². The molecule has 0 N–H and O–H groups in total. The minimum Gasteiger partial charge on any atom is -0.303 e. The molecule has 2 nitrogen and oxygen atoms in total. The van der Waals surface area contributed by atoms with Crippen molar-refractivity contribution >= 4 is 0 Å². The summed E-state index contributed by atoms with van der Waals surface area (Å²) in [6, 6.07) is 0.945. The minimum atomic E-state index is 0.945. The molecule has 0 amide bonds. The molecule has 3 fully saturated rings. The monoisotopic (exact) mass is 292 g/mol. The Morgan fingerprint density at radius 2 is 1.24 bits per heavy atom. The number of nitrogens with zero attached hydrogens (tertiary/aromatic N) is 2. The predicted molar refractivity (Wildman–Crippen MR) is 90.6 cm³/mol. The fraction of sp³-hybridized carbons (Fsp3) is 1.00. The van der Waals surface area contributed by atoms with Gasteiger partial charge in [0.05, 0.1) is 0 Å². The highest BCUT2D eigenvalue weighted by molar-refractivity contribution is 4.91. The quantitative estimate of drug-likeness (QED) is 0.755. The fourth-order valence-corrected chi connectivity index (χ4v) is 4.82. The number of hydrogen-bond acceptors (Lipinski definition) is 2. The van der Waals surface area contributed by atoms with Gasteiger partial charge in [0.15, 0.2) is 0 Å². The van der Waals surface area contributed by atoms with Crippen molar-refractivity contribution < 1.29 is 0 Å². The summed E-state index contributed by atoms with van der Waals surface area (Å²) >= 11 is 0. The van der Waals surface area contributed by atoms with Crippen LogP contribution in [0.3, 0.4) is 0 Å². The van der Waals surface area contributed by atoms with E-state index in [-0.39, 0.29) is 0 Å². The Labute approximate surface area is 132 Å². The van der Waals surface area contributed by atoms with E-state index >= 15 is 0 Å². The van der Waals surface area contributed by atoms with E-state index < -0.39 is 0 Å². The van der Waals surface area contributed by atoms with Crippen molar-refractivity contribution in [3.8, 4) is 0 Å². The highest BCUT2D eigenvalue weighted by atomic mass is 15.2. The molecule has 0 aromatic heterocycles. The summed E-state index contributed by atoms with van der Waals surface area (Å²) in [5.41, 5.74) is 0. The Kier molecular flexibility index (Phi) is 5.61. The lowest BCUT2D eigenvalue weighted by Crippen LogP contribution is -2.51. The van der Waals surface area contributed by atoms with Crippen molar-refractivity contribution in [1.29, 1.82) is 0 Å². The molecule has 1 aliphatic carbocycles. The molecule has 2 aliphatic heterocycles.